The quantitative estimate of drug-likeness (QED) is 0.784. The third-order valence-corrected chi connectivity index (χ3v) is 4.34. The maximum absolute atomic E-state index is 12.1. The molecule has 2 aromatic rings. The smallest absolute Gasteiger partial charge is 0.246 e. The van der Waals surface area contributed by atoms with Crippen molar-refractivity contribution in [2.45, 2.75) is 13.5 Å². The van der Waals surface area contributed by atoms with E-state index in [0.29, 0.717) is 13.1 Å². The lowest BCUT2D eigenvalue weighted by Crippen LogP contribution is -2.28. The minimum Gasteiger partial charge on any atom is -0.334 e. The Kier molecular flexibility index (Phi) is 5.13. The first-order valence-corrected chi connectivity index (χ1v) is 7.92. The van der Waals surface area contributed by atoms with Crippen LogP contribution in [0, 0.1) is 0 Å². The topological polar surface area (TPSA) is 33.2 Å². The van der Waals surface area contributed by atoms with Crippen molar-refractivity contribution in [2.75, 3.05) is 6.54 Å². The molecule has 0 aromatic carbocycles. The van der Waals surface area contributed by atoms with Gasteiger partial charge in [-0.3, -0.25) is 4.79 Å². The highest BCUT2D eigenvalue weighted by Crippen LogP contribution is 2.22. The van der Waals surface area contributed by atoms with Gasteiger partial charge in [0.2, 0.25) is 5.91 Å². The zero-order valence-electron chi connectivity index (χ0n) is 10.4. The van der Waals surface area contributed by atoms with Gasteiger partial charge in [-0.15, -0.1) is 22.7 Å². The molecule has 0 unspecified atom stereocenters. The fourth-order valence-corrected chi connectivity index (χ4v) is 3.16. The zero-order chi connectivity index (χ0) is 13.7. The molecular formula is C13H13ClN2OS2. The van der Waals surface area contributed by atoms with Crippen molar-refractivity contribution in [1.82, 2.24) is 9.88 Å². The van der Waals surface area contributed by atoms with E-state index >= 15 is 0 Å². The average Bonchev–Trinajstić information content (AvgIpc) is 3.04. The van der Waals surface area contributed by atoms with E-state index in [-0.39, 0.29) is 5.91 Å². The second kappa shape index (κ2) is 6.84. The van der Waals surface area contributed by atoms with Gasteiger partial charge >= 0.3 is 0 Å². The Balaban J connectivity index is 1.99. The summed E-state index contributed by atoms with van der Waals surface area (Å²) in [4.78, 5) is 19.0. The minimum absolute atomic E-state index is 0.0139. The number of aromatic nitrogens is 1. The molecule has 2 heterocycles. The highest BCUT2D eigenvalue weighted by atomic mass is 35.5. The molecule has 0 aliphatic heterocycles. The lowest BCUT2D eigenvalue weighted by molar-refractivity contribution is -0.126. The Morgan fingerprint density at radius 1 is 1.53 bits per heavy atom. The molecule has 0 N–H and O–H groups in total. The SMILES string of the molecule is CCN(Cc1ccc(Cl)s1)C(=O)C=Cc1cscn1. The van der Waals surface area contributed by atoms with E-state index in [9.17, 15) is 4.79 Å². The average molecular weight is 313 g/mol. The summed E-state index contributed by atoms with van der Waals surface area (Å²) in [5, 5.41) is 1.90. The molecule has 19 heavy (non-hydrogen) atoms. The van der Waals surface area contributed by atoms with Gasteiger partial charge in [0.05, 0.1) is 22.1 Å². The fraction of sp³-hybridized carbons (Fsp3) is 0.231. The monoisotopic (exact) mass is 312 g/mol. The molecule has 0 atom stereocenters. The molecule has 0 radical (unpaired) electrons. The van der Waals surface area contributed by atoms with Gasteiger partial charge in [-0.25, -0.2) is 4.98 Å². The predicted octanol–water partition coefficient (Wildman–Crippen LogP) is 3.92. The van der Waals surface area contributed by atoms with Crippen LogP contribution in [0.2, 0.25) is 4.34 Å². The number of carbonyl (C=O) groups is 1. The number of thiophene rings is 1. The van der Waals surface area contributed by atoms with Crippen LogP contribution in [0.15, 0.2) is 29.1 Å². The van der Waals surface area contributed by atoms with E-state index < -0.39 is 0 Å². The highest BCUT2D eigenvalue weighted by Gasteiger charge is 2.10. The van der Waals surface area contributed by atoms with Crippen LogP contribution < -0.4 is 0 Å². The number of amides is 1. The molecule has 0 bridgehead atoms. The second-order valence-electron chi connectivity index (χ2n) is 3.80. The van der Waals surface area contributed by atoms with E-state index in [0.717, 1.165) is 14.9 Å². The molecule has 0 aliphatic rings. The van der Waals surface area contributed by atoms with Crippen LogP contribution in [0.1, 0.15) is 17.5 Å². The van der Waals surface area contributed by atoms with Crippen LogP contribution in [0.3, 0.4) is 0 Å². The summed E-state index contributed by atoms with van der Waals surface area (Å²) in [7, 11) is 0. The number of likely N-dealkylation sites (N-methyl/N-ethyl adjacent to an activating group) is 1. The van der Waals surface area contributed by atoms with Crippen molar-refractivity contribution in [1.29, 1.82) is 0 Å². The Bertz CT molecular complexity index is 563. The molecule has 3 nitrogen and oxygen atoms in total. The first-order valence-electron chi connectivity index (χ1n) is 5.78. The van der Waals surface area contributed by atoms with Gasteiger partial charge in [-0.2, -0.15) is 0 Å². The Morgan fingerprint density at radius 3 is 2.95 bits per heavy atom. The van der Waals surface area contributed by atoms with Gasteiger partial charge in [-0.05, 0) is 25.1 Å². The largest absolute Gasteiger partial charge is 0.334 e. The maximum atomic E-state index is 12.1. The number of rotatable bonds is 5. The van der Waals surface area contributed by atoms with Crippen LogP contribution >= 0.6 is 34.3 Å². The van der Waals surface area contributed by atoms with Crippen LogP contribution in [-0.2, 0) is 11.3 Å². The summed E-state index contributed by atoms with van der Waals surface area (Å²) in [6, 6.07) is 3.80. The molecule has 6 heteroatoms. The summed E-state index contributed by atoms with van der Waals surface area (Å²) in [5.74, 6) is -0.0139. The highest BCUT2D eigenvalue weighted by molar-refractivity contribution is 7.16. The first kappa shape index (κ1) is 14.2. The fourth-order valence-electron chi connectivity index (χ4n) is 1.54. The third-order valence-electron chi connectivity index (χ3n) is 2.52. The Labute approximate surface area is 125 Å². The summed E-state index contributed by atoms with van der Waals surface area (Å²) in [6.07, 6.45) is 3.30. The number of halogens is 1. The van der Waals surface area contributed by atoms with Crippen molar-refractivity contribution in [3.63, 3.8) is 0 Å². The summed E-state index contributed by atoms with van der Waals surface area (Å²) < 4.78 is 0.747. The van der Waals surface area contributed by atoms with Gasteiger partial charge in [0.1, 0.15) is 0 Å². The molecule has 0 aliphatic carbocycles. The van der Waals surface area contributed by atoms with Crippen LogP contribution in [0.25, 0.3) is 6.08 Å². The lowest BCUT2D eigenvalue weighted by Gasteiger charge is -2.17. The molecule has 0 saturated carbocycles. The van der Waals surface area contributed by atoms with Crippen LogP contribution in [0.4, 0.5) is 0 Å². The van der Waals surface area contributed by atoms with E-state index in [4.69, 9.17) is 11.6 Å². The van der Waals surface area contributed by atoms with E-state index in [1.807, 2.05) is 24.4 Å². The standard InChI is InChI=1S/C13H13ClN2OS2/c1-2-16(7-11-4-5-12(14)19-11)13(17)6-3-10-8-18-9-15-10/h3-6,8-9H,2,7H2,1H3. The molecule has 100 valence electrons. The Morgan fingerprint density at radius 2 is 2.37 bits per heavy atom. The molecule has 1 amide bonds. The van der Waals surface area contributed by atoms with Crippen molar-refractivity contribution in [3.05, 3.63) is 44.0 Å². The normalized spacial score (nSPS) is 11.1. The second-order valence-corrected chi connectivity index (χ2v) is 6.32. The molecule has 2 aromatic heterocycles. The lowest BCUT2D eigenvalue weighted by atomic mass is 10.3. The van der Waals surface area contributed by atoms with Gasteiger partial charge in [0.25, 0.3) is 0 Å². The van der Waals surface area contributed by atoms with Crippen molar-refractivity contribution >= 4 is 46.3 Å². The van der Waals surface area contributed by atoms with Crippen molar-refractivity contribution < 1.29 is 4.79 Å². The molecule has 0 spiro atoms. The number of carbonyl (C=O) groups excluding carboxylic acids is 1. The van der Waals surface area contributed by atoms with Gasteiger partial charge in [0.15, 0.2) is 0 Å². The van der Waals surface area contributed by atoms with Crippen LogP contribution in [0.5, 0.6) is 0 Å². The maximum Gasteiger partial charge on any atom is 0.246 e. The first-order chi connectivity index (χ1) is 9.19. The van der Waals surface area contributed by atoms with Crippen LogP contribution in [-0.4, -0.2) is 22.3 Å². The van der Waals surface area contributed by atoms with Gasteiger partial charge in [0, 0.05) is 22.9 Å². The Hall–Kier alpha value is -1.17. The predicted molar refractivity (Wildman–Crippen MR) is 81.6 cm³/mol. The van der Waals surface area contributed by atoms with Gasteiger partial charge < -0.3 is 4.90 Å². The number of nitrogens with zero attached hydrogens (tertiary/aromatic N) is 2. The summed E-state index contributed by atoms with van der Waals surface area (Å²) >= 11 is 8.90. The summed E-state index contributed by atoms with van der Waals surface area (Å²) in [6.45, 7) is 3.22. The molecular weight excluding hydrogens is 300 g/mol. The molecule has 0 saturated heterocycles. The number of hydrogen-bond donors (Lipinski definition) is 0. The van der Waals surface area contributed by atoms with Gasteiger partial charge in [-0.1, -0.05) is 11.6 Å². The van der Waals surface area contributed by atoms with E-state index in [1.54, 1.807) is 22.6 Å². The molecule has 2 rings (SSSR count). The van der Waals surface area contributed by atoms with E-state index in [1.165, 1.54) is 22.7 Å². The van der Waals surface area contributed by atoms with Crippen molar-refractivity contribution in [3.8, 4) is 0 Å². The zero-order valence-corrected chi connectivity index (χ0v) is 12.8. The van der Waals surface area contributed by atoms with Crippen molar-refractivity contribution in [2.24, 2.45) is 0 Å². The van der Waals surface area contributed by atoms with E-state index in [2.05, 4.69) is 4.98 Å². The minimum atomic E-state index is -0.0139. The molecule has 0 fully saturated rings. The summed E-state index contributed by atoms with van der Waals surface area (Å²) in [5.41, 5.74) is 2.56. The number of thiazole rings is 1. The number of hydrogen-bond acceptors (Lipinski definition) is 4. The third kappa shape index (κ3) is 4.16.